The Kier molecular flexibility index (Phi) is 6.17. The number of amides is 1. The van der Waals surface area contributed by atoms with Crippen molar-refractivity contribution in [3.63, 3.8) is 0 Å². The number of nitrogens with zero attached hydrogens (tertiary/aromatic N) is 1. The molecule has 0 aliphatic rings. The zero-order valence-electron chi connectivity index (χ0n) is 12.8. The molecule has 0 aliphatic carbocycles. The molecule has 2 rings (SSSR count). The van der Waals surface area contributed by atoms with Crippen LogP contribution in [0.5, 0.6) is 11.5 Å². The van der Waals surface area contributed by atoms with E-state index in [0.717, 1.165) is 15.8 Å². The Labute approximate surface area is 143 Å². The summed E-state index contributed by atoms with van der Waals surface area (Å²) in [5, 5.41) is 3.93. The van der Waals surface area contributed by atoms with Gasteiger partial charge in [0.25, 0.3) is 5.91 Å². The molecule has 0 saturated carbocycles. The largest absolute Gasteiger partial charge is 0.497 e. The van der Waals surface area contributed by atoms with Crippen molar-refractivity contribution in [1.82, 2.24) is 5.43 Å². The van der Waals surface area contributed by atoms with E-state index < -0.39 is 6.10 Å². The first-order valence-electron chi connectivity index (χ1n) is 6.98. The van der Waals surface area contributed by atoms with Gasteiger partial charge in [0.05, 0.1) is 17.8 Å². The minimum atomic E-state index is -0.670. The van der Waals surface area contributed by atoms with E-state index in [9.17, 15) is 4.79 Å². The molecule has 0 radical (unpaired) electrons. The van der Waals surface area contributed by atoms with Gasteiger partial charge in [0.1, 0.15) is 11.5 Å². The maximum Gasteiger partial charge on any atom is 0.280 e. The van der Waals surface area contributed by atoms with Crippen molar-refractivity contribution in [2.24, 2.45) is 5.10 Å². The van der Waals surface area contributed by atoms with Crippen LogP contribution in [-0.2, 0) is 4.79 Å². The normalized spacial score (nSPS) is 12.0. The van der Waals surface area contributed by atoms with E-state index in [4.69, 9.17) is 9.47 Å². The fourth-order valence-electron chi connectivity index (χ4n) is 1.77. The Morgan fingerprint density at radius 2 is 2.04 bits per heavy atom. The maximum absolute atomic E-state index is 12.0. The average molecular weight is 377 g/mol. The lowest BCUT2D eigenvalue weighted by atomic mass is 10.2. The average Bonchev–Trinajstić information content (AvgIpc) is 2.57. The second-order valence-corrected chi connectivity index (χ2v) is 5.56. The van der Waals surface area contributed by atoms with Crippen molar-refractivity contribution in [2.45, 2.75) is 13.0 Å². The van der Waals surface area contributed by atoms with Crippen LogP contribution in [0.4, 0.5) is 0 Å². The molecule has 0 aromatic heterocycles. The van der Waals surface area contributed by atoms with Crippen molar-refractivity contribution in [3.05, 3.63) is 58.6 Å². The highest BCUT2D eigenvalue weighted by atomic mass is 79.9. The summed E-state index contributed by atoms with van der Waals surface area (Å²) in [7, 11) is 1.60. The summed E-state index contributed by atoms with van der Waals surface area (Å²) in [5.74, 6) is 0.998. The molecule has 5 nitrogen and oxygen atoms in total. The first-order chi connectivity index (χ1) is 11.1. The first kappa shape index (κ1) is 17.0. The summed E-state index contributed by atoms with van der Waals surface area (Å²) in [5.41, 5.74) is 3.28. The molecule has 1 N–H and O–H groups in total. The van der Waals surface area contributed by atoms with Gasteiger partial charge in [-0.2, -0.15) is 5.10 Å². The number of ether oxygens (including phenoxy) is 2. The molecule has 0 fully saturated rings. The zero-order chi connectivity index (χ0) is 16.7. The third-order valence-corrected chi connectivity index (χ3v) is 3.65. The van der Waals surface area contributed by atoms with Crippen LogP contribution < -0.4 is 14.9 Å². The monoisotopic (exact) mass is 376 g/mol. The lowest BCUT2D eigenvalue weighted by Crippen LogP contribution is -2.33. The summed E-state index contributed by atoms with van der Waals surface area (Å²) in [6.45, 7) is 1.66. The van der Waals surface area contributed by atoms with E-state index >= 15 is 0 Å². The minimum Gasteiger partial charge on any atom is -0.497 e. The molecule has 0 spiro atoms. The van der Waals surface area contributed by atoms with Gasteiger partial charge in [-0.25, -0.2) is 5.43 Å². The van der Waals surface area contributed by atoms with E-state index in [1.54, 1.807) is 26.3 Å². The van der Waals surface area contributed by atoms with Crippen LogP contribution in [0.3, 0.4) is 0 Å². The van der Waals surface area contributed by atoms with Crippen molar-refractivity contribution in [3.8, 4) is 11.5 Å². The summed E-state index contributed by atoms with van der Waals surface area (Å²) in [6, 6.07) is 14.7. The SMILES string of the molecule is COc1cccc(/C=N/NC(=O)C(C)Oc2ccccc2Br)c1. The van der Waals surface area contributed by atoms with Gasteiger partial charge >= 0.3 is 0 Å². The van der Waals surface area contributed by atoms with Gasteiger partial charge < -0.3 is 9.47 Å². The number of benzene rings is 2. The number of hydrazone groups is 1. The quantitative estimate of drug-likeness (QED) is 0.620. The van der Waals surface area contributed by atoms with Crippen molar-refractivity contribution in [1.29, 1.82) is 0 Å². The van der Waals surface area contributed by atoms with E-state index in [0.29, 0.717) is 5.75 Å². The number of para-hydroxylation sites is 1. The maximum atomic E-state index is 12.0. The lowest BCUT2D eigenvalue weighted by molar-refractivity contribution is -0.127. The number of halogens is 1. The molecule has 120 valence electrons. The number of nitrogens with one attached hydrogen (secondary N) is 1. The van der Waals surface area contributed by atoms with Gasteiger partial charge in [-0.3, -0.25) is 4.79 Å². The molecule has 1 unspecified atom stereocenters. The predicted octanol–water partition coefficient (Wildman–Crippen LogP) is 3.38. The fraction of sp³-hybridized carbons (Fsp3) is 0.176. The van der Waals surface area contributed by atoms with Crippen LogP contribution in [-0.4, -0.2) is 25.3 Å². The number of hydrogen-bond acceptors (Lipinski definition) is 4. The van der Waals surface area contributed by atoms with E-state index in [1.807, 2.05) is 42.5 Å². The van der Waals surface area contributed by atoms with Crippen LogP contribution in [0, 0.1) is 0 Å². The van der Waals surface area contributed by atoms with Gasteiger partial charge in [0.15, 0.2) is 6.10 Å². The topological polar surface area (TPSA) is 59.9 Å². The highest BCUT2D eigenvalue weighted by molar-refractivity contribution is 9.10. The zero-order valence-corrected chi connectivity index (χ0v) is 14.4. The van der Waals surface area contributed by atoms with E-state index in [2.05, 4.69) is 26.5 Å². The summed E-state index contributed by atoms with van der Waals surface area (Å²) in [4.78, 5) is 12.0. The Morgan fingerprint density at radius 3 is 2.78 bits per heavy atom. The number of methoxy groups -OCH3 is 1. The van der Waals surface area contributed by atoms with Crippen LogP contribution in [0.2, 0.25) is 0 Å². The first-order valence-corrected chi connectivity index (χ1v) is 7.77. The van der Waals surface area contributed by atoms with Crippen molar-refractivity contribution in [2.75, 3.05) is 7.11 Å². The summed E-state index contributed by atoms with van der Waals surface area (Å²) in [6.07, 6.45) is 0.877. The third-order valence-electron chi connectivity index (χ3n) is 2.99. The molecule has 6 heteroatoms. The van der Waals surface area contributed by atoms with Gasteiger partial charge in [0.2, 0.25) is 0 Å². The number of rotatable bonds is 6. The Balaban J connectivity index is 1.91. The molecule has 0 bridgehead atoms. The molecule has 0 aliphatic heterocycles. The lowest BCUT2D eigenvalue weighted by Gasteiger charge is -2.13. The standard InChI is InChI=1S/C17H17BrN2O3/c1-12(23-16-9-4-3-8-15(16)18)17(21)20-19-11-13-6-5-7-14(10-13)22-2/h3-12H,1-2H3,(H,20,21)/b19-11+. The second-order valence-electron chi connectivity index (χ2n) is 4.70. The highest BCUT2D eigenvalue weighted by Gasteiger charge is 2.15. The molecule has 2 aromatic rings. The predicted molar refractivity (Wildman–Crippen MR) is 93.0 cm³/mol. The number of carbonyl (C=O) groups excluding carboxylic acids is 1. The van der Waals surface area contributed by atoms with Gasteiger partial charge in [-0.1, -0.05) is 24.3 Å². The van der Waals surface area contributed by atoms with Crippen LogP contribution in [0.15, 0.2) is 58.1 Å². The molecule has 0 heterocycles. The fourth-order valence-corrected chi connectivity index (χ4v) is 2.15. The Bertz CT molecular complexity index is 704. The van der Waals surface area contributed by atoms with Crippen LogP contribution in [0.1, 0.15) is 12.5 Å². The molecule has 2 aromatic carbocycles. The molecule has 23 heavy (non-hydrogen) atoms. The van der Waals surface area contributed by atoms with Crippen LogP contribution >= 0.6 is 15.9 Å². The van der Waals surface area contributed by atoms with Gasteiger partial charge in [0, 0.05) is 0 Å². The second kappa shape index (κ2) is 8.33. The van der Waals surface area contributed by atoms with Crippen molar-refractivity contribution >= 4 is 28.1 Å². The number of hydrogen-bond donors (Lipinski definition) is 1. The van der Waals surface area contributed by atoms with E-state index in [1.165, 1.54) is 0 Å². The molecular formula is C17H17BrN2O3. The highest BCUT2D eigenvalue weighted by Crippen LogP contribution is 2.24. The molecule has 1 amide bonds. The number of carbonyl (C=O) groups is 1. The Morgan fingerprint density at radius 1 is 1.26 bits per heavy atom. The Hall–Kier alpha value is -2.34. The summed E-state index contributed by atoms with van der Waals surface area (Å²) < 4.78 is 11.5. The molecule has 1 atom stereocenters. The van der Waals surface area contributed by atoms with Gasteiger partial charge in [-0.05, 0) is 52.7 Å². The minimum absolute atomic E-state index is 0.333. The molecule has 0 saturated heterocycles. The van der Waals surface area contributed by atoms with Crippen LogP contribution in [0.25, 0.3) is 0 Å². The summed E-state index contributed by atoms with van der Waals surface area (Å²) >= 11 is 3.37. The third kappa shape index (κ3) is 5.10. The van der Waals surface area contributed by atoms with Gasteiger partial charge in [-0.15, -0.1) is 0 Å². The van der Waals surface area contributed by atoms with Crippen molar-refractivity contribution < 1.29 is 14.3 Å². The van der Waals surface area contributed by atoms with E-state index in [-0.39, 0.29) is 5.91 Å². The molecular weight excluding hydrogens is 360 g/mol. The smallest absolute Gasteiger partial charge is 0.280 e.